The molecule has 0 aromatic rings. The van der Waals surface area contributed by atoms with Gasteiger partial charge in [-0.25, -0.2) is 0 Å². The van der Waals surface area contributed by atoms with Crippen molar-refractivity contribution in [3.05, 3.63) is 23.3 Å². The molecule has 0 heterocycles. The Morgan fingerprint density at radius 3 is 1.29 bits per heavy atom. The third-order valence-corrected chi connectivity index (χ3v) is 12.1. The van der Waals surface area contributed by atoms with Gasteiger partial charge in [0.05, 0.1) is 13.2 Å². The fourth-order valence-electron chi connectivity index (χ4n) is 9.12. The Morgan fingerprint density at radius 2 is 0.951 bits per heavy atom. The van der Waals surface area contributed by atoms with E-state index in [1.807, 2.05) is 0 Å². The summed E-state index contributed by atoms with van der Waals surface area (Å²) in [6.07, 6.45) is 37.0. The Bertz CT molecular complexity index is 694. The van der Waals surface area contributed by atoms with Crippen LogP contribution >= 0.6 is 0 Å². The van der Waals surface area contributed by atoms with Crippen LogP contribution in [0, 0.1) is 47.3 Å². The van der Waals surface area contributed by atoms with E-state index in [-0.39, 0.29) is 0 Å². The van der Waals surface area contributed by atoms with Crippen molar-refractivity contribution in [2.45, 2.75) is 169 Å². The molecule has 2 saturated carbocycles. The molecule has 0 saturated heterocycles. The van der Waals surface area contributed by atoms with Crippen molar-refractivity contribution in [2.24, 2.45) is 47.3 Å². The van der Waals surface area contributed by atoms with E-state index >= 15 is 0 Å². The van der Waals surface area contributed by atoms with Crippen molar-refractivity contribution in [2.75, 3.05) is 13.2 Å². The molecule has 0 amide bonds. The van der Waals surface area contributed by atoms with E-state index in [0.717, 1.165) is 60.6 Å². The smallest absolute Gasteiger partial charge is 0.0681 e. The van der Waals surface area contributed by atoms with Crippen molar-refractivity contribution >= 4 is 0 Å². The molecule has 0 spiro atoms. The first-order chi connectivity index (χ1) is 20.0. The third-order valence-electron chi connectivity index (χ3n) is 12.1. The van der Waals surface area contributed by atoms with Gasteiger partial charge in [-0.2, -0.15) is 0 Å². The minimum atomic E-state index is 0.881. The highest BCUT2D eigenvalue weighted by Crippen LogP contribution is 2.42. The summed E-state index contributed by atoms with van der Waals surface area (Å²) in [5, 5.41) is 0. The number of hydrogen-bond donors (Lipinski definition) is 0. The number of hydrogen-bond acceptors (Lipinski definition) is 1. The van der Waals surface area contributed by atoms with Gasteiger partial charge < -0.3 is 4.74 Å². The number of ether oxygens (including phenoxy) is 1. The lowest BCUT2D eigenvalue weighted by Crippen LogP contribution is -2.24. The van der Waals surface area contributed by atoms with Gasteiger partial charge in [0.25, 0.3) is 0 Å². The Balaban J connectivity index is 1.04. The first-order valence-corrected chi connectivity index (χ1v) is 18.9. The highest BCUT2D eigenvalue weighted by Gasteiger charge is 2.30. The van der Waals surface area contributed by atoms with Gasteiger partial charge >= 0.3 is 0 Å². The summed E-state index contributed by atoms with van der Waals surface area (Å²) < 4.78 is 6.29. The summed E-state index contributed by atoms with van der Waals surface area (Å²) in [5.41, 5.74) is 3.19. The standard InChI is InChI=1S/C40H70O/c1-31(2)9-5-7-11-33-13-21-37(22-14-33)39-25-17-35(18-26-39)29-41-30-36-19-27-40(28-20-36)38-23-15-34(16-24-38)12-8-6-10-32(3)4/h17,19,31-34,37-40H,5-16,18,20-30H2,1-4H3. The predicted molar refractivity (Wildman–Crippen MR) is 179 cm³/mol. The highest BCUT2D eigenvalue weighted by atomic mass is 16.5. The van der Waals surface area contributed by atoms with Crippen molar-refractivity contribution in [3.63, 3.8) is 0 Å². The van der Waals surface area contributed by atoms with Gasteiger partial charge in [-0.3, -0.25) is 0 Å². The zero-order valence-electron chi connectivity index (χ0n) is 28.2. The molecule has 2 fully saturated rings. The van der Waals surface area contributed by atoms with E-state index < -0.39 is 0 Å². The second kappa shape index (κ2) is 18.3. The van der Waals surface area contributed by atoms with Gasteiger partial charge in [-0.05, 0) is 123 Å². The van der Waals surface area contributed by atoms with E-state index in [9.17, 15) is 0 Å². The molecule has 2 atom stereocenters. The van der Waals surface area contributed by atoms with E-state index in [0.29, 0.717) is 0 Å². The number of allylic oxidation sites excluding steroid dienone is 2. The molecule has 0 aromatic carbocycles. The van der Waals surface area contributed by atoms with Crippen molar-refractivity contribution in [1.29, 1.82) is 0 Å². The van der Waals surface area contributed by atoms with Crippen LogP contribution in [0.5, 0.6) is 0 Å². The van der Waals surface area contributed by atoms with Crippen LogP contribution in [-0.2, 0) is 4.74 Å². The molecular formula is C40H70O. The summed E-state index contributed by atoms with van der Waals surface area (Å²) in [5.74, 6) is 7.76. The lowest BCUT2D eigenvalue weighted by atomic mass is 9.70. The van der Waals surface area contributed by atoms with Gasteiger partial charge in [0.2, 0.25) is 0 Å². The van der Waals surface area contributed by atoms with Crippen LogP contribution in [0.15, 0.2) is 23.3 Å². The lowest BCUT2D eigenvalue weighted by molar-refractivity contribution is 0.154. The number of unbranched alkanes of at least 4 members (excludes halogenated alkanes) is 2. The van der Waals surface area contributed by atoms with Crippen LogP contribution < -0.4 is 0 Å². The predicted octanol–water partition coefficient (Wildman–Crippen LogP) is 12.5. The average Bonchev–Trinajstić information content (AvgIpc) is 2.99. The van der Waals surface area contributed by atoms with Crippen LogP contribution in [0.1, 0.15) is 169 Å². The van der Waals surface area contributed by atoms with Gasteiger partial charge in [0, 0.05) is 0 Å². The van der Waals surface area contributed by atoms with E-state index in [4.69, 9.17) is 4.74 Å². The molecule has 1 nitrogen and oxygen atoms in total. The molecule has 0 bridgehead atoms. The summed E-state index contributed by atoms with van der Waals surface area (Å²) in [6.45, 7) is 11.2. The molecule has 4 aliphatic carbocycles. The topological polar surface area (TPSA) is 9.23 Å². The van der Waals surface area contributed by atoms with Gasteiger partial charge in [-0.15, -0.1) is 0 Å². The second-order valence-corrected chi connectivity index (χ2v) is 16.2. The molecule has 236 valence electrons. The maximum atomic E-state index is 6.29. The fourth-order valence-corrected chi connectivity index (χ4v) is 9.12. The number of rotatable bonds is 16. The first kappa shape index (κ1) is 33.3. The molecule has 41 heavy (non-hydrogen) atoms. The lowest BCUT2D eigenvalue weighted by Gasteiger charge is -2.36. The van der Waals surface area contributed by atoms with Crippen LogP contribution in [0.25, 0.3) is 0 Å². The largest absolute Gasteiger partial charge is 0.373 e. The molecule has 4 rings (SSSR count). The SMILES string of the molecule is CC(C)CCCCC1CCC(C2CC=C(COCC3=CCC(C4CCC(CCCCC(C)C)CC4)CC3)CC2)CC1. The molecular weight excluding hydrogens is 496 g/mol. The van der Waals surface area contributed by atoms with Crippen LogP contribution in [0.3, 0.4) is 0 Å². The van der Waals surface area contributed by atoms with E-state index in [2.05, 4.69) is 39.8 Å². The van der Waals surface area contributed by atoms with Crippen LogP contribution in [0.4, 0.5) is 0 Å². The second-order valence-electron chi connectivity index (χ2n) is 16.2. The summed E-state index contributed by atoms with van der Waals surface area (Å²) in [4.78, 5) is 0. The minimum Gasteiger partial charge on any atom is -0.373 e. The monoisotopic (exact) mass is 567 g/mol. The molecule has 0 radical (unpaired) electrons. The molecule has 1 heteroatoms. The molecule has 0 aromatic heterocycles. The zero-order chi connectivity index (χ0) is 28.9. The molecule has 0 N–H and O–H groups in total. The van der Waals surface area contributed by atoms with E-state index in [1.54, 1.807) is 11.1 Å². The summed E-state index contributed by atoms with van der Waals surface area (Å²) >= 11 is 0. The Kier molecular flexibility index (Phi) is 14.9. The van der Waals surface area contributed by atoms with Crippen LogP contribution in [-0.4, -0.2) is 13.2 Å². The van der Waals surface area contributed by atoms with Crippen LogP contribution in [0.2, 0.25) is 0 Å². The maximum absolute atomic E-state index is 6.29. The van der Waals surface area contributed by atoms with Crippen molar-refractivity contribution in [3.8, 4) is 0 Å². The Hall–Kier alpha value is -0.560. The minimum absolute atomic E-state index is 0.881. The summed E-state index contributed by atoms with van der Waals surface area (Å²) in [7, 11) is 0. The van der Waals surface area contributed by atoms with Gasteiger partial charge in [0.1, 0.15) is 0 Å². The quantitative estimate of drug-likeness (QED) is 0.133. The van der Waals surface area contributed by atoms with Crippen molar-refractivity contribution in [1.82, 2.24) is 0 Å². The highest BCUT2D eigenvalue weighted by molar-refractivity contribution is 5.10. The molecule has 4 aliphatic rings. The maximum Gasteiger partial charge on any atom is 0.0681 e. The molecule has 0 aliphatic heterocycles. The molecule has 2 unspecified atom stereocenters. The summed E-state index contributed by atoms with van der Waals surface area (Å²) in [6, 6.07) is 0. The van der Waals surface area contributed by atoms with Crippen molar-refractivity contribution < 1.29 is 4.74 Å². The normalized spacial score (nSPS) is 31.4. The Morgan fingerprint density at radius 1 is 0.537 bits per heavy atom. The Labute approximate surface area is 257 Å². The van der Waals surface area contributed by atoms with Gasteiger partial charge in [0.15, 0.2) is 0 Å². The fraction of sp³-hybridized carbons (Fsp3) is 0.900. The third kappa shape index (κ3) is 12.2. The average molecular weight is 567 g/mol. The van der Waals surface area contributed by atoms with Gasteiger partial charge in [-0.1, -0.05) is 117 Å². The van der Waals surface area contributed by atoms with E-state index in [1.165, 1.54) is 141 Å². The zero-order valence-corrected chi connectivity index (χ0v) is 28.2. The first-order valence-electron chi connectivity index (χ1n) is 18.9.